The van der Waals surface area contributed by atoms with Crippen LogP contribution >= 0.6 is 0 Å². The number of aromatic nitrogens is 1. The van der Waals surface area contributed by atoms with Gasteiger partial charge in [-0.2, -0.15) is 0 Å². The van der Waals surface area contributed by atoms with Crippen molar-refractivity contribution in [1.82, 2.24) is 4.98 Å². The molecule has 108 valence electrons. The molecular formula is C16H17N3O2. The van der Waals surface area contributed by atoms with Gasteiger partial charge in [-0.15, -0.1) is 0 Å². The minimum atomic E-state index is -0.0442. The summed E-state index contributed by atoms with van der Waals surface area (Å²) in [7, 11) is 0. The topological polar surface area (TPSA) is 54.5 Å². The van der Waals surface area contributed by atoms with Gasteiger partial charge >= 0.3 is 0 Å². The van der Waals surface area contributed by atoms with Crippen LogP contribution in [0.5, 0.6) is 5.75 Å². The van der Waals surface area contributed by atoms with Gasteiger partial charge in [-0.3, -0.25) is 9.78 Å². The maximum atomic E-state index is 12.2. The van der Waals surface area contributed by atoms with Crippen molar-refractivity contribution < 1.29 is 9.53 Å². The Bertz CT molecular complexity index is 657. The molecule has 1 N–H and O–H groups in total. The number of para-hydroxylation sites is 2. The first-order valence-electron chi connectivity index (χ1n) is 6.92. The van der Waals surface area contributed by atoms with Crippen LogP contribution in [0, 0.1) is 6.92 Å². The maximum absolute atomic E-state index is 12.2. The van der Waals surface area contributed by atoms with Gasteiger partial charge in [-0.25, -0.2) is 0 Å². The van der Waals surface area contributed by atoms with Crippen molar-refractivity contribution in [3.63, 3.8) is 0 Å². The Balaban J connectivity index is 1.68. The number of fused-ring (bicyclic) bond motifs is 1. The van der Waals surface area contributed by atoms with Crippen molar-refractivity contribution in [2.24, 2.45) is 0 Å². The fourth-order valence-corrected chi connectivity index (χ4v) is 2.39. The highest BCUT2D eigenvalue weighted by Gasteiger charge is 2.19. The maximum Gasteiger partial charge on any atom is 0.243 e. The lowest BCUT2D eigenvalue weighted by Gasteiger charge is -2.30. The molecule has 0 unspecified atom stereocenters. The van der Waals surface area contributed by atoms with Gasteiger partial charge in [0, 0.05) is 17.6 Å². The number of carbonyl (C=O) groups excluding carboxylic acids is 1. The highest BCUT2D eigenvalue weighted by atomic mass is 16.5. The first kappa shape index (κ1) is 13.4. The first-order valence-corrected chi connectivity index (χ1v) is 6.92. The summed E-state index contributed by atoms with van der Waals surface area (Å²) < 4.78 is 5.59. The molecule has 1 aliphatic heterocycles. The van der Waals surface area contributed by atoms with Crippen LogP contribution in [0.4, 0.5) is 11.4 Å². The SMILES string of the molecule is Cc1cc(NC(=O)CN2CCOc3ccccc32)ccn1. The minimum absolute atomic E-state index is 0.0442. The standard InChI is InChI=1S/C16H17N3O2/c1-12-10-13(6-7-17-12)18-16(20)11-19-8-9-21-15-5-3-2-4-14(15)19/h2-7,10H,8-9,11H2,1H3,(H,17,18,20). The number of nitrogens with zero attached hydrogens (tertiary/aromatic N) is 2. The molecule has 0 saturated heterocycles. The van der Waals surface area contributed by atoms with E-state index in [-0.39, 0.29) is 5.91 Å². The summed E-state index contributed by atoms with van der Waals surface area (Å²) in [5.41, 5.74) is 2.61. The fourth-order valence-electron chi connectivity index (χ4n) is 2.39. The molecule has 0 aliphatic carbocycles. The highest BCUT2D eigenvalue weighted by molar-refractivity contribution is 5.94. The third kappa shape index (κ3) is 3.13. The van der Waals surface area contributed by atoms with Crippen LogP contribution in [0.1, 0.15) is 5.69 Å². The van der Waals surface area contributed by atoms with Crippen LogP contribution in [0.2, 0.25) is 0 Å². The normalized spacial score (nSPS) is 13.3. The second-order valence-corrected chi connectivity index (χ2v) is 4.97. The number of benzene rings is 1. The molecule has 0 radical (unpaired) electrons. The molecular weight excluding hydrogens is 266 g/mol. The van der Waals surface area contributed by atoms with Gasteiger partial charge in [0.05, 0.1) is 18.8 Å². The van der Waals surface area contributed by atoms with Crippen LogP contribution in [0.15, 0.2) is 42.6 Å². The summed E-state index contributed by atoms with van der Waals surface area (Å²) in [6, 6.07) is 11.4. The summed E-state index contributed by atoms with van der Waals surface area (Å²) in [6.45, 7) is 3.51. The second kappa shape index (κ2) is 5.83. The Labute approximate surface area is 123 Å². The van der Waals surface area contributed by atoms with Crippen molar-refractivity contribution >= 4 is 17.3 Å². The molecule has 3 rings (SSSR count). The Hall–Kier alpha value is -2.56. The van der Waals surface area contributed by atoms with Gasteiger partial charge in [0.25, 0.3) is 0 Å². The number of pyridine rings is 1. The van der Waals surface area contributed by atoms with E-state index in [0.29, 0.717) is 19.7 Å². The third-order valence-corrected chi connectivity index (χ3v) is 3.34. The van der Waals surface area contributed by atoms with Gasteiger partial charge in [-0.1, -0.05) is 12.1 Å². The van der Waals surface area contributed by atoms with E-state index in [9.17, 15) is 4.79 Å². The van der Waals surface area contributed by atoms with Crippen molar-refractivity contribution in [2.45, 2.75) is 6.92 Å². The summed E-state index contributed by atoms with van der Waals surface area (Å²) in [4.78, 5) is 18.3. The molecule has 2 aromatic rings. The molecule has 0 saturated carbocycles. The monoisotopic (exact) mass is 283 g/mol. The van der Waals surface area contributed by atoms with E-state index in [1.165, 1.54) is 0 Å². The van der Waals surface area contributed by atoms with Crippen molar-refractivity contribution in [3.05, 3.63) is 48.3 Å². The van der Waals surface area contributed by atoms with E-state index in [1.807, 2.05) is 42.2 Å². The van der Waals surface area contributed by atoms with Crippen LogP contribution < -0.4 is 15.0 Å². The lowest BCUT2D eigenvalue weighted by Crippen LogP contribution is -2.38. The number of rotatable bonds is 3. The zero-order chi connectivity index (χ0) is 14.7. The quantitative estimate of drug-likeness (QED) is 0.938. The number of nitrogens with one attached hydrogen (secondary N) is 1. The molecule has 1 aromatic heterocycles. The molecule has 5 nitrogen and oxygen atoms in total. The molecule has 0 spiro atoms. The Morgan fingerprint density at radius 3 is 3.10 bits per heavy atom. The van der Waals surface area contributed by atoms with Gasteiger partial charge in [-0.05, 0) is 31.2 Å². The van der Waals surface area contributed by atoms with Gasteiger partial charge in [0.1, 0.15) is 12.4 Å². The van der Waals surface area contributed by atoms with E-state index in [0.717, 1.165) is 22.8 Å². The van der Waals surface area contributed by atoms with E-state index >= 15 is 0 Å². The summed E-state index contributed by atoms with van der Waals surface area (Å²) in [5, 5.41) is 2.90. The van der Waals surface area contributed by atoms with Crippen LogP contribution in [-0.4, -0.2) is 30.6 Å². The largest absolute Gasteiger partial charge is 0.490 e. The second-order valence-electron chi connectivity index (χ2n) is 4.97. The summed E-state index contributed by atoms with van der Waals surface area (Å²) in [6.07, 6.45) is 1.69. The number of amides is 1. The predicted octanol–water partition coefficient (Wildman–Crippen LogP) is 2.23. The molecule has 0 bridgehead atoms. The number of ether oxygens (including phenoxy) is 1. The third-order valence-electron chi connectivity index (χ3n) is 3.34. The van der Waals surface area contributed by atoms with Crippen LogP contribution in [0.25, 0.3) is 0 Å². The molecule has 0 atom stereocenters. The Morgan fingerprint density at radius 2 is 2.24 bits per heavy atom. The van der Waals surface area contributed by atoms with E-state index in [1.54, 1.807) is 12.3 Å². The van der Waals surface area contributed by atoms with E-state index in [4.69, 9.17) is 4.74 Å². The predicted molar refractivity (Wildman–Crippen MR) is 81.8 cm³/mol. The van der Waals surface area contributed by atoms with Gasteiger partial charge < -0.3 is 15.0 Å². The molecule has 1 aromatic carbocycles. The van der Waals surface area contributed by atoms with E-state index < -0.39 is 0 Å². The molecule has 2 heterocycles. The lowest BCUT2D eigenvalue weighted by molar-refractivity contribution is -0.115. The average molecular weight is 283 g/mol. The molecule has 0 fully saturated rings. The number of hydrogen-bond acceptors (Lipinski definition) is 4. The molecule has 21 heavy (non-hydrogen) atoms. The molecule has 1 aliphatic rings. The van der Waals surface area contributed by atoms with Gasteiger partial charge in [0.15, 0.2) is 0 Å². The van der Waals surface area contributed by atoms with Crippen LogP contribution in [0.3, 0.4) is 0 Å². The average Bonchev–Trinajstić information content (AvgIpc) is 2.47. The highest BCUT2D eigenvalue weighted by Crippen LogP contribution is 2.30. The smallest absolute Gasteiger partial charge is 0.243 e. The Kier molecular flexibility index (Phi) is 3.73. The van der Waals surface area contributed by atoms with Crippen molar-refractivity contribution in [3.8, 4) is 5.75 Å². The number of carbonyl (C=O) groups is 1. The molecule has 5 heteroatoms. The Morgan fingerprint density at radius 1 is 1.38 bits per heavy atom. The van der Waals surface area contributed by atoms with Crippen molar-refractivity contribution in [1.29, 1.82) is 0 Å². The van der Waals surface area contributed by atoms with Crippen molar-refractivity contribution in [2.75, 3.05) is 29.9 Å². The zero-order valence-corrected chi connectivity index (χ0v) is 11.9. The zero-order valence-electron chi connectivity index (χ0n) is 11.9. The first-order chi connectivity index (χ1) is 10.2. The van der Waals surface area contributed by atoms with E-state index in [2.05, 4.69) is 10.3 Å². The lowest BCUT2D eigenvalue weighted by atomic mass is 10.2. The number of hydrogen-bond donors (Lipinski definition) is 1. The fraction of sp³-hybridized carbons (Fsp3) is 0.250. The number of anilines is 2. The van der Waals surface area contributed by atoms with Gasteiger partial charge in [0.2, 0.25) is 5.91 Å². The van der Waals surface area contributed by atoms with Crippen LogP contribution in [-0.2, 0) is 4.79 Å². The summed E-state index contributed by atoms with van der Waals surface area (Å²) >= 11 is 0. The molecule has 1 amide bonds. The number of aryl methyl sites for hydroxylation is 1. The minimum Gasteiger partial charge on any atom is -0.490 e. The summed E-state index contributed by atoms with van der Waals surface area (Å²) in [5.74, 6) is 0.786.